The van der Waals surface area contributed by atoms with Gasteiger partial charge in [-0.15, -0.1) is 0 Å². The normalized spacial score (nSPS) is 40.2. The first-order valence-electron chi connectivity index (χ1n) is 7.40. The topological polar surface area (TPSA) is 18.5 Å². The molecule has 2 aliphatic heterocycles. The van der Waals surface area contributed by atoms with Gasteiger partial charge in [0.15, 0.2) is 0 Å². The molecular weight excluding hydrogens is 210 g/mol. The molecule has 0 aromatic carbocycles. The smallest absolute Gasteiger partial charge is 0.0210 e. The number of rotatable bonds is 4. The Morgan fingerprint density at radius 3 is 2.65 bits per heavy atom. The molecule has 0 aromatic rings. The van der Waals surface area contributed by atoms with Crippen LogP contribution in [-0.4, -0.2) is 61.2 Å². The van der Waals surface area contributed by atoms with E-state index in [1.807, 2.05) is 0 Å². The van der Waals surface area contributed by atoms with Crippen LogP contribution in [0.3, 0.4) is 0 Å². The zero-order chi connectivity index (χ0) is 11.8. The fourth-order valence-corrected chi connectivity index (χ4v) is 3.65. The summed E-state index contributed by atoms with van der Waals surface area (Å²) in [7, 11) is 2.24. The van der Waals surface area contributed by atoms with Crippen molar-refractivity contribution in [2.75, 3.05) is 33.2 Å². The highest BCUT2D eigenvalue weighted by Gasteiger charge is 2.38. The van der Waals surface area contributed by atoms with Gasteiger partial charge in [0, 0.05) is 31.2 Å². The lowest BCUT2D eigenvalue weighted by atomic mass is 10.1. The van der Waals surface area contributed by atoms with Gasteiger partial charge < -0.3 is 10.2 Å². The van der Waals surface area contributed by atoms with Gasteiger partial charge in [0.05, 0.1) is 0 Å². The summed E-state index contributed by atoms with van der Waals surface area (Å²) in [6.07, 6.45) is 5.64. The highest BCUT2D eigenvalue weighted by Crippen LogP contribution is 2.33. The maximum atomic E-state index is 3.82. The largest absolute Gasteiger partial charge is 0.312 e. The third kappa shape index (κ3) is 2.83. The van der Waals surface area contributed by atoms with Gasteiger partial charge in [-0.05, 0) is 58.7 Å². The lowest BCUT2D eigenvalue weighted by Gasteiger charge is -2.20. The summed E-state index contributed by atoms with van der Waals surface area (Å²) in [5, 5.41) is 3.82. The zero-order valence-electron chi connectivity index (χ0n) is 11.4. The maximum absolute atomic E-state index is 3.82. The van der Waals surface area contributed by atoms with Crippen LogP contribution >= 0.6 is 0 Å². The van der Waals surface area contributed by atoms with E-state index in [9.17, 15) is 0 Å². The first-order valence-corrected chi connectivity index (χ1v) is 7.40. The number of hydrogen-bond acceptors (Lipinski definition) is 3. The summed E-state index contributed by atoms with van der Waals surface area (Å²) in [5.41, 5.74) is 0. The Labute approximate surface area is 106 Å². The van der Waals surface area contributed by atoms with Crippen LogP contribution in [0.1, 0.15) is 32.6 Å². The van der Waals surface area contributed by atoms with Crippen LogP contribution in [0.2, 0.25) is 0 Å². The van der Waals surface area contributed by atoms with E-state index in [1.54, 1.807) is 0 Å². The molecule has 2 saturated heterocycles. The van der Waals surface area contributed by atoms with Crippen molar-refractivity contribution in [3.63, 3.8) is 0 Å². The molecule has 98 valence electrons. The third-order valence-corrected chi connectivity index (χ3v) is 4.82. The summed E-state index contributed by atoms with van der Waals surface area (Å²) in [6.45, 7) is 7.53. The summed E-state index contributed by atoms with van der Waals surface area (Å²) >= 11 is 0. The highest BCUT2D eigenvalue weighted by atomic mass is 15.3. The molecule has 0 spiro atoms. The molecule has 1 N–H and O–H groups in total. The Balaban J connectivity index is 1.41. The Hall–Kier alpha value is -0.120. The van der Waals surface area contributed by atoms with Crippen LogP contribution in [0.4, 0.5) is 0 Å². The second-order valence-electron chi connectivity index (χ2n) is 6.53. The van der Waals surface area contributed by atoms with Gasteiger partial charge in [-0.1, -0.05) is 0 Å². The maximum Gasteiger partial charge on any atom is 0.0210 e. The fourth-order valence-electron chi connectivity index (χ4n) is 3.65. The van der Waals surface area contributed by atoms with E-state index in [0.29, 0.717) is 0 Å². The van der Waals surface area contributed by atoms with E-state index >= 15 is 0 Å². The van der Waals surface area contributed by atoms with Crippen molar-refractivity contribution in [2.45, 2.75) is 50.7 Å². The molecule has 3 aliphatic rings. The molecular formula is C14H27N3. The van der Waals surface area contributed by atoms with Crippen LogP contribution in [0.25, 0.3) is 0 Å². The summed E-state index contributed by atoms with van der Waals surface area (Å²) < 4.78 is 0. The third-order valence-electron chi connectivity index (χ3n) is 4.82. The highest BCUT2D eigenvalue weighted by molar-refractivity contribution is 4.96. The molecule has 0 radical (unpaired) electrons. The molecule has 0 amide bonds. The quantitative estimate of drug-likeness (QED) is 0.791. The molecule has 0 aromatic heterocycles. The van der Waals surface area contributed by atoms with Crippen molar-refractivity contribution < 1.29 is 0 Å². The molecule has 17 heavy (non-hydrogen) atoms. The first-order chi connectivity index (χ1) is 8.22. The van der Waals surface area contributed by atoms with Crippen LogP contribution in [-0.2, 0) is 0 Å². The molecule has 3 heteroatoms. The van der Waals surface area contributed by atoms with Crippen molar-refractivity contribution in [1.82, 2.24) is 15.1 Å². The van der Waals surface area contributed by atoms with Gasteiger partial charge in [0.25, 0.3) is 0 Å². The SMILES string of the molecule is CC1CC(NCC2CCN(C)C2)CN1C1CC1. The van der Waals surface area contributed by atoms with Crippen LogP contribution in [0.5, 0.6) is 0 Å². The van der Waals surface area contributed by atoms with Gasteiger partial charge in [-0.2, -0.15) is 0 Å². The summed E-state index contributed by atoms with van der Waals surface area (Å²) in [5.74, 6) is 0.894. The summed E-state index contributed by atoms with van der Waals surface area (Å²) in [6, 6.07) is 2.51. The Morgan fingerprint density at radius 2 is 2.00 bits per heavy atom. The Morgan fingerprint density at radius 1 is 1.18 bits per heavy atom. The molecule has 3 fully saturated rings. The van der Waals surface area contributed by atoms with Crippen molar-refractivity contribution in [3.05, 3.63) is 0 Å². The number of hydrogen-bond donors (Lipinski definition) is 1. The predicted octanol–water partition coefficient (Wildman–Crippen LogP) is 1.15. The lowest BCUT2D eigenvalue weighted by Crippen LogP contribution is -2.37. The van der Waals surface area contributed by atoms with E-state index in [-0.39, 0.29) is 0 Å². The van der Waals surface area contributed by atoms with Crippen molar-refractivity contribution >= 4 is 0 Å². The van der Waals surface area contributed by atoms with E-state index in [1.165, 1.54) is 51.9 Å². The minimum absolute atomic E-state index is 0.761. The Bertz CT molecular complexity index is 264. The van der Waals surface area contributed by atoms with Gasteiger partial charge in [0.1, 0.15) is 0 Å². The molecule has 1 aliphatic carbocycles. The number of nitrogens with zero attached hydrogens (tertiary/aromatic N) is 2. The lowest BCUT2D eigenvalue weighted by molar-refractivity contribution is 0.254. The average Bonchev–Trinajstić information content (AvgIpc) is 2.95. The summed E-state index contributed by atoms with van der Waals surface area (Å²) in [4.78, 5) is 5.19. The number of likely N-dealkylation sites (tertiary alicyclic amines) is 2. The molecule has 3 atom stereocenters. The van der Waals surface area contributed by atoms with Crippen LogP contribution < -0.4 is 5.32 Å². The van der Waals surface area contributed by atoms with E-state index in [4.69, 9.17) is 0 Å². The standard InChI is InChI=1S/C14H27N3/c1-11-7-13(10-17(11)14-3-4-14)15-8-12-5-6-16(2)9-12/h11-15H,3-10H2,1-2H3. The second kappa shape index (κ2) is 4.87. The average molecular weight is 237 g/mol. The van der Waals surface area contributed by atoms with Gasteiger partial charge >= 0.3 is 0 Å². The van der Waals surface area contributed by atoms with Gasteiger partial charge in [-0.3, -0.25) is 4.90 Å². The molecule has 3 unspecified atom stereocenters. The molecule has 1 saturated carbocycles. The zero-order valence-corrected chi connectivity index (χ0v) is 11.4. The predicted molar refractivity (Wildman–Crippen MR) is 71.2 cm³/mol. The molecule has 2 heterocycles. The van der Waals surface area contributed by atoms with Crippen LogP contribution in [0, 0.1) is 5.92 Å². The van der Waals surface area contributed by atoms with E-state index in [0.717, 1.165) is 24.0 Å². The minimum atomic E-state index is 0.761. The van der Waals surface area contributed by atoms with Gasteiger partial charge in [0.2, 0.25) is 0 Å². The monoisotopic (exact) mass is 237 g/mol. The Kier molecular flexibility index (Phi) is 3.42. The fraction of sp³-hybridized carbons (Fsp3) is 1.00. The second-order valence-corrected chi connectivity index (χ2v) is 6.53. The number of nitrogens with one attached hydrogen (secondary N) is 1. The van der Waals surface area contributed by atoms with E-state index < -0.39 is 0 Å². The van der Waals surface area contributed by atoms with Crippen molar-refractivity contribution in [3.8, 4) is 0 Å². The van der Waals surface area contributed by atoms with Crippen molar-refractivity contribution in [1.29, 1.82) is 0 Å². The van der Waals surface area contributed by atoms with Crippen molar-refractivity contribution in [2.24, 2.45) is 5.92 Å². The molecule has 0 bridgehead atoms. The first kappa shape index (κ1) is 11.9. The van der Waals surface area contributed by atoms with Crippen LogP contribution in [0.15, 0.2) is 0 Å². The molecule has 3 nitrogen and oxygen atoms in total. The van der Waals surface area contributed by atoms with E-state index in [2.05, 4.69) is 29.1 Å². The minimum Gasteiger partial charge on any atom is -0.312 e. The molecule has 3 rings (SSSR count). The van der Waals surface area contributed by atoms with Gasteiger partial charge in [-0.25, -0.2) is 0 Å².